The minimum Gasteiger partial charge on any atom is -1.00 e. The fraction of sp³-hybridized carbons (Fsp3) is 0.312. The van der Waals surface area contributed by atoms with Crippen LogP contribution in [-0.4, -0.2) is 27.3 Å². The van der Waals surface area contributed by atoms with Crippen molar-refractivity contribution in [1.82, 2.24) is 9.78 Å². The highest BCUT2D eigenvalue weighted by Gasteiger charge is 2.32. The third kappa shape index (κ3) is 2.94. The highest BCUT2D eigenvalue weighted by atomic mass is 79.9. The summed E-state index contributed by atoms with van der Waals surface area (Å²) >= 11 is 0. The van der Waals surface area contributed by atoms with Gasteiger partial charge in [-0.1, -0.05) is 13.0 Å². The molecular weight excluding hydrogens is 358 g/mol. The van der Waals surface area contributed by atoms with Crippen LogP contribution in [0.15, 0.2) is 41.2 Å². The first-order chi connectivity index (χ1) is 10.7. The van der Waals surface area contributed by atoms with E-state index in [1.165, 1.54) is 11.1 Å². The molecule has 0 amide bonds. The van der Waals surface area contributed by atoms with Crippen LogP contribution in [0.5, 0.6) is 0 Å². The van der Waals surface area contributed by atoms with Crippen LogP contribution in [0, 0.1) is 0 Å². The lowest BCUT2D eigenvalue weighted by Gasteiger charge is -1.99. The molecule has 2 aromatic rings. The van der Waals surface area contributed by atoms with Gasteiger partial charge in [0.15, 0.2) is 5.82 Å². The lowest BCUT2D eigenvalue weighted by molar-refractivity contribution is -0.554. The number of allylic oxidation sites excluding steroid dienone is 2. The van der Waals surface area contributed by atoms with E-state index < -0.39 is 0 Å². The average molecular weight is 378 g/mol. The number of aliphatic hydroxyl groups is 1. The number of fused-ring (bicyclic) bond motifs is 1. The van der Waals surface area contributed by atoms with Gasteiger partial charge in [-0.15, -0.1) is 0 Å². The molecule has 0 aromatic carbocycles. The molecule has 1 aliphatic heterocycles. The first kappa shape index (κ1) is 17.4. The van der Waals surface area contributed by atoms with E-state index in [9.17, 15) is 0 Å². The number of rotatable bonds is 4. The highest BCUT2D eigenvalue weighted by Crippen LogP contribution is 2.28. The van der Waals surface area contributed by atoms with Crippen LogP contribution >= 0.6 is 0 Å². The summed E-state index contributed by atoms with van der Waals surface area (Å²) < 4.78 is 3.64. The number of nitrogen functional groups attached to an aromatic ring is 1. The number of nitrogens with two attached hydrogens (primary N) is 1. The summed E-state index contributed by atoms with van der Waals surface area (Å²) in [5.74, 6) is 1.37. The maximum atomic E-state index is 9.02. The van der Waals surface area contributed by atoms with Gasteiger partial charge in [0, 0.05) is 5.57 Å². The van der Waals surface area contributed by atoms with Crippen molar-refractivity contribution in [2.45, 2.75) is 26.8 Å². The molecule has 0 unspecified atom stereocenters. The van der Waals surface area contributed by atoms with Crippen molar-refractivity contribution in [3.8, 4) is 0 Å². The summed E-state index contributed by atoms with van der Waals surface area (Å²) in [6.45, 7) is 4.61. The Hall–Kier alpha value is -1.99. The van der Waals surface area contributed by atoms with Gasteiger partial charge in [0.2, 0.25) is 5.69 Å². The van der Waals surface area contributed by atoms with Gasteiger partial charge in [0.05, 0.1) is 24.9 Å². The zero-order valence-corrected chi connectivity index (χ0v) is 14.8. The maximum absolute atomic E-state index is 9.02. The lowest BCUT2D eigenvalue weighted by atomic mass is 10.1. The summed E-state index contributed by atoms with van der Waals surface area (Å²) in [5, 5.41) is 13.2. The molecule has 3 heterocycles. The van der Waals surface area contributed by atoms with Crippen molar-refractivity contribution >= 4 is 22.9 Å². The molecule has 6 nitrogen and oxygen atoms in total. The molecule has 0 saturated carbocycles. The predicted octanol–water partition coefficient (Wildman–Crippen LogP) is -1.48. The molecule has 0 spiro atoms. The van der Waals surface area contributed by atoms with E-state index in [0.29, 0.717) is 18.1 Å². The molecule has 23 heavy (non-hydrogen) atoms. The normalized spacial score (nSPS) is 15.0. The van der Waals surface area contributed by atoms with Crippen LogP contribution in [0.4, 0.5) is 11.5 Å². The molecule has 0 radical (unpaired) electrons. The topological polar surface area (TPSA) is 80.3 Å². The number of aromatic nitrogens is 3. The Bertz CT molecular complexity index is 779. The molecule has 0 bridgehead atoms. The fourth-order valence-electron chi connectivity index (χ4n) is 2.80. The molecule has 2 aromatic heterocycles. The Morgan fingerprint density at radius 3 is 2.87 bits per heavy atom. The molecule has 0 atom stereocenters. The molecule has 0 saturated heterocycles. The van der Waals surface area contributed by atoms with Gasteiger partial charge >= 0.3 is 5.84 Å². The van der Waals surface area contributed by atoms with E-state index >= 15 is 0 Å². The van der Waals surface area contributed by atoms with Crippen LogP contribution < -0.4 is 27.3 Å². The summed E-state index contributed by atoms with van der Waals surface area (Å²) in [6, 6.07) is 6.11. The maximum Gasteiger partial charge on any atom is 0.332 e. The van der Waals surface area contributed by atoms with Gasteiger partial charge in [0.1, 0.15) is 11.9 Å². The molecule has 0 aliphatic carbocycles. The van der Waals surface area contributed by atoms with E-state index in [1.54, 1.807) is 10.9 Å². The number of aliphatic imine (C=N–C) groups is 1. The number of nitrogens with zero attached hydrogens (tertiary/aromatic N) is 4. The summed E-state index contributed by atoms with van der Waals surface area (Å²) in [4.78, 5) is 4.74. The fourth-order valence-corrected chi connectivity index (χ4v) is 2.80. The van der Waals surface area contributed by atoms with E-state index in [0.717, 1.165) is 18.0 Å². The molecule has 3 rings (SSSR count). The zero-order chi connectivity index (χ0) is 15.7. The molecule has 0 fully saturated rings. The molecule has 7 heteroatoms. The lowest BCUT2D eigenvalue weighted by Crippen LogP contribution is -3.00. The quantitative estimate of drug-likeness (QED) is 0.638. The summed E-state index contributed by atoms with van der Waals surface area (Å²) in [6.07, 6.45) is 4.55. The van der Waals surface area contributed by atoms with Crippen LogP contribution in [0.1, 0.15) is 26.0 Å². The van der Waals surface area contributed by atoms with E-state index in [4.69, 9.17) is 15.8 Å². The number of pyridine rings is 1. The smallest absolute Gasteiger partial charge is 0.332 e. The van der Waals surface area contributed by atoms with Crippen LogP contribution in [0.2, 0.25) is 0 Å². The first-order valence-electron chi connectivity index (χ1n) is 7.39. The Labute approximate surface area is 145 Å². The SMILES string of the molecule is CCC1=C(C)c2cccc[n+]2C1=Nc1cnn(CCO)c1N.[Br-]. The number of hydrogen-bond acceptors (Lipinski definition) is 4. The van der Waals surface area contributed by atoms with Gasteiger partial charge in [0.25, 0.3) is 0 Å². The third-order valence-electron chi connectivity index (χ3n) is 3.95. The predicted molar refractivity (Wildman–Crippen MR) is 85.7 cm³/mol. The van der Waals surface area contributed by atoms with Crippen molar-refractivity contribution in [2.75, 3.05) is 12.3 Å². The number of hydrogen-bond donors (Lipinski definition) is 2. The monoisotopic (exact) mass is 377 g/mol. The summed E-state index contributed by atoms with van der Waals surface area (Å²) in [7, 11) is 0. The molecule has 3 N–H and O–H groups in total. The molecular formula is C16H20BrN5O. The van der Waals surface area contributed by atoms with Crippen molar-refractivity contribution in [3.05, 3.63) is 41.9 Å². The van der Waals surface area contributed by atoms with Gasteiger partial charge in [-0.05, 0) is 30.5 Å². The largest absolute Gasteiger partial charge is 1.00 e. The number of halogens is 1. The van der Waals surface area contributed by atoms with Gasteiger partial charge in [-0.3, -0.25) is 0 Å². The standard InChI is InChI=1S/C16H19N5O.BrH/c1-3-12-11(2)14-6-4-5-7-20(14)16(12)19-13-10-18-21(8-9-22)15(13)17;/h4-7,10,17,22H,3,8-9H2,1-2H3;1H. The second-order valence-electron chi connectivity index (χ2n) is 5.21. The Morgan fingerprint density at radius 1 is 1.39 bits per heavy atom. The van der Waals surface area contributed by atoms with Gasteiger partial charge < -0.3 is 27.8 Å². The van der Waals surface area contributed by atoms with E-state index in [2.05, 4.69) is 29.6 Å². The first-order valence-corrected chi connectivity index (χ1v) is 7.39. The third-order valence-corrected chi connectivity index (χ3v) is 3.95. The minimum atomic E-state index is -0.00129. The average Bonchev–Trinajstić information content (AvgIpc) is 3.01. The van der Waals surface area contributed by atoms with Crippen LogP contribution in [0.25, 0.3) is 5.57 Å². The number of anilines is 1. The Morgan fingerprint density at radius 2 is 2.17 bits per heavy atom. The Balaban J connectivity index is 0.00000192. The van der Waals surface area contributed by atoms with E-state index in [-0.39, 0.29) is 23.6 Å². The second-order valence-corrected chi connectivity index (χ2v) is 5.21. The highest BCUT2D eigenvalue weighted by molar-refractivity contribution is 6.03. The molecule has 1 aliphatic rings. The van der Waals surface area contributed by atoms with Crippen molar-refractivity contribution in [1.29, 1.82) is 0 Å². The minimum absolute atomic E-state index is 0. The molecule has 122 valence electrons. The Kier molecular flexibility index (Phi) is 5.33. The number of aliphatic hydroxyl groups excluding tert-OH is 1. The van der Waals surface area contributed by atoms with Crippen molar-refractivity contribution in [2.24, 2.45) is 4.99 Å². The van der Waals surface area contributed by atoms with Crippen LogP contribution in [-0.2, 0) is 6.54 Å². The van der Waals surface area contributed by atoms with Gasteiger partial charge in [-0.25, -0.2) is 4.68 Å². The van der Waals surface area contributed by atoms with E-state index in [1.807, 2.05) is 18.3 Å². The van der Waals surface area contributed by atoms with Gasteiger partial charge in [-0.2, -0.15) is 9.67 Å². The second kappa shape index (κ2) is 7.06. The van der Waals surface area contributed by atoms with Crippen molar-refractivity contribution < 1.29 is 26.7 Å². The summed E-state index contributed by atoms with van der Waals surface area (Å²) in [5.41, 5.74) is 10.3. The zero-order valence-electron chi connectivity index (χ0n) is 13.2. The van der Waals surface area contributed by atoms with Crippen molar-refractivity contribution in [3.63, 3.8) is 0 Å². The van der Waals surface area contributed by atoms with Crippen LogP contribution in [0.3, 0.4) is 0 Å².